The number of methoxy groups -OCH3 is 1. The van der Waals surface area contributed by atoms with Gasteiger partial charge in [-0.2, -0.15) is 0 Å². The van der Waals surface area contributed by atoms with E-state index >= 15 is 0 Å². The third-order valence-electron chi connectivity index (χ3n) is 3.58. The van der Waals surface area contributed by atoms with E-state index in [1.165, 1.54) is 6.92 Å². The first kappa shape index (κ1) is 18.8. The fourth-order valence-electron chi connectivity index (χ4n) is 2.23. The molecule has 25 heavy (non-hydrogen) atoms. The lowest BCUT2D eigenvalue weighted by atomic mass is 10.1. The van der Waals surface area contributed by atoms with E-state index in [9.17, 15) is 9.59 Å². The lowest BCUT2D eigenvalue weighted by Gasteiger charge is -2.14. The highest BCUT2D eigenvalue weighted by molar-refractivity contribution is 6.30. The Morgan fingerprint density at radius 3 is 2.48 bits per heavy atom. The van der Waals surface area contributed by atoms with Crippen molar-refractivity contribution in [1.82, 2.24) is 0 Å². The summed E-state index contributed by atoms with van der Waals surface area (Å²) in [4.78, 5) is 24.0. The van der Waals surface area contributed by atoms with Crippen molar-refractivity contribution in [1.29, 1.82) is 0 Å². The number of benzene rings is 2. The van der Waals surface area contributed by atoms with Crippen LogP contribution in [0, 0.1) is 0 Å². The quantitative estimate of drug-likeness (QED) is 0.761. The second kappa shape index (κ2) is 9.08. The van der Waals surface area contributed by atoms with E-state index in [1.807, 2.05) is 24.3 Å². The number of hydrogen-bond donors (Lipinski definition) is 1. The fourth-order valence-corrected chi connectivity index (χ4v) is 2.36. The molecule has 0 saturated heterocycles. The zero-order valence-corrected chi connectivity index (χ0v) is 14.9. The van der Waals surface area contributed by atoms with Crippen molar-refractivity contribution >= 4 is 29.2 Å². The largest absolute Gasteiger partial charge is 0.496 e. The fraction of sp³-hybridized carbons (Fsp3) is 0.263. The molecule has 2 rings (SSSR count). The van der Waals surface area contributed by atoms with Gasteiger partial charge in [-0.3, -0.25) is 9.59 Å². The molecule has 0 heterocycles. The molecular formula is C19H20ClNO4. The maximum atomic E-state index is 12.1. The van der Waals surface area contributed by atoms with Crippen LogP contribution in [0.5, 0.6) is 5.75 Å². The Morgan fingerprint density at radius 1 is 1.12 bits per heavy atom. The molecule has 0 aliphatic heterocycles. The van der Waals surface area contributed by atoms with Gasteiger partial charge in [0.15, 0.2) is 6.10 Å². The maximum absolute atomic E-state index is 12.1. The zero-order chi connectivity index (χ0) is 18.2. The second-order valence-corrected chi connectivity index (χ2v) is 5.88. The van der Waals surface area contributed by atoms with Gasteiger partial charge in [0, 0.05) is 17.1 Å². The van der Waals surface area contributed by atoms with Crippen molar-refractivity contribution in [3.8, 4) is 5.75 Å². The molecule has 6 heteroatoms. The number of rotatable bonds is 7. The molecule has 0 saturated carbocycles. The number of amides is 1. The maximum Gasteiger partial charge on any atom is 0.306 e. The smallest absolute Gasteiger partial charge is 0.306 e. The normalized spacial score (nSPS) is 11.5. The van der Waals surface area contributed by atoms with Gasteiger partial charge < -0.3 is 14.8 Å². The van der Waals surface area contributed by atoms with Gasteiger partial charge in [-0.15, -0.1) is 0 Å². The zero-order valence-electron chi connectivity index (χ0n) is 14.1. The Kier molecular flexibility index (Phi) is 6.83. The predicted octanol–water partition coefficient (Wildman–Crippen LogP) is 3.85. The molecular weight excluding hydrogens is 342 g/mol. The van der Waals surface area contributed by atoms with E-state index in [-0.39, 0.29) is 6.42 Å². The summed E-state index contributed by atoms with van der Waals surface area (Å²) in [6.07, 6.45) is -0.242. The summed E-state index contributed by atoms with van der Waals surface area (Å²) in [7, 11) is 1.58. The molecule has 0 aliphatic carbocycles. The van der Waals surface area contributed by atoms with Gasteiger partial charge in [0.05, 0.1) is 7.11 Å². The van der Waals surface area contributed by atoms with Crippen LogP contribution in [0.15, 0.2) is 48.5 Å². The van der Waals surface area contributed by atoms with Crippen LogP contribution in [0.25, 0.3) is 0 Å². The van der Waals surface area contributed by atoms with Crippen LogP contribution in [0.1, 0.15) is 18.9 Å². The summed E-state index contributed by atoms with van der Waals surface area (Å²) >= 11 is 5.80. The van der Waals surface area contributed by atoms with Crippen molar-refractivity contribution in [2.24, 2.45) is 0 Å². The van der Waals surface area contributed by atoms with E-state index in [2.05, 4.69) is 5.32 Å². The minimum atomic E-state index is -0.888. The van der Waals surface area contributed by atoms with Crippen LogP contribution >= 0.6 is 11.6 Å². The van der Waals surface area contributed by atoms with Crippen molar-refractivity contribution in [2.75, 3.05) is 12.4 Å². The second-order valence-electron chi connectivity index (χ2n) is 5.44. The molecule has 2 aromatic rings. The molecule has 5 nitrogen and oxygen atoms in total. The Labute approximate surface area is 151 Å². The Balaban J connectivity index is 1.82. The first-order valence-corrected chi connectivity index (χ1v) is 8.25. The third kappa shape index (κ3) is 5.80. The topological polar surface area (TPSA) is 64.6 Å². The number of anilines is 1. The Bertz CT molecular complexity index is 730. The molecule has 0 spiro atoms. The number of ether oxygens (including phenoxy) is 2. The monoisotopic (exact) mass is 361 g/mol. The summed E-state index contributed by atoms with van der Waals surface area (Å²) in [6, 6.07) is 14.2. The molecule has 0 radical (unpaired) electrons. The van der Waals surface area contributed by atoms with Gasteiger partial charge in [0.2, 0.25) is 0 Å². The van der Waals surface area contributed by atoms with Crippen molar-refractivity contribution in [3.05, 3.63) is 59.1 Å². The van der Waals surface area contributed by atoms with E-state index in [0.29, 0.717) is 17.1 Å². The first-order chi connectivity index (χ1) is 12.0. The SMILES string of the molecule is COc1ccccc1CCC(=O)O[C@@H](C)C(=O)Nc1ccc(Cl)cc1. The van der Waals surface area contributed by atoms with Crippen molar-refractivity contribution < 1.29 is 19.1 Å². The molecule has 0 unspecified atom stereocenters. The highest BCUT2D eigenvalue weighted by Gasteiger charge is 2.18. The number of carbonyl (C=O) groups is 2. The van der Waals surface area contributed by atoms with E-state index in [4.69, 9.17) is 21.1 Å². The van der Waals surface area contributed by atoms with Crippen LogP contribution in [-0.2, 0) is 20.7 Å². The van der Waals surface area contributed by atoms with Crippen molar-refractivity contribution in [2.45, 2.75) is 25.9 Å². The highest BCUT2D eigenvalue weighted by Crippen LogP contribution is 2.19. The minimum Gasteiger partial charge on any atom is -0.496 e. The van der Waals surface area contributed by atoms with E-state index < -0.39 is 18.0 Å². The molecule has 0 bridgehead atoms. The predicted molar refractivity (Wildman–Crippen MR) is 97.0 cm³/mol. The summed E-state index contributed by atoms with van der Waals surface area (Å²) in [5.41, 5.74) is 1.51. The molecule has 0 aliphatic rings. The Hall–Kier alpha value is -2.53. The average Bonchev–Trinajstić information content (AvgIpc) is 2.62. The van der Waals surface area contributed by atoms with Gasteiger partial charge in [0.25, 0.3) is 5.91 Å². The number of halogens is 1. The van der Waals surface area contributed by atoms with Gasteiger partial charge in [-0.1, -0.05) is 29.8 Å². The van der Waals surface area contributed by atoms with Gasteiger partial charge in [0.1, 0.15) is 5.75 Å². The van der Waals surface area contributed by atoms with Crippen LogP contribution in [-0.4, -0.2) is 25.1 Å². The number of carbonyl (C=O) groups excluding carboxylic acids is 2. The standard InChI is InChI=1S/C19H20ClNO4/c1-13(19(23)21-16-10-8-15(20)9-11-16)25-18(22)12-7-14-5-3-4-6-17(14)24-2/h3-6,8-11,13H,7,12H2,1-2H3,(H,21,23)/t13-/m0/s1. The number of nitrogens with one attached hydrogen (secondary N) is 1. The van der Waals surface area contributed by atoms with Gasteiger partial charge in [-0.05, 0) is 49.2 Å². The molecule has 1 atom stereocenters. The van der Waals surface area contributed by atoms with E-state index in [0.717, 1.165) is 11.3 Å². The number of hydrogen-bond acceptors (Lipinski definition) is 4. The highest BCUT2D eigenvalue weighted by atomic mass is 35.5. The average molecular weight is 362 g/mol. The lowest BCUT2D eigenvalue weighted by Crippen LogP contribution is -2.30. The third-order valence-corrected chi connectivity index (χ3v) is 3.83. The van der Waals surface area contributed by atoms with Gasteiger partial charge in [-0.25, -0.2) is 0 Å². The lowest BCUT2D eigenvalue weighted by molar-refractivity contribution is -0.153. The van der Waals surface area contributed by atoms with Crippen LogP contribution < -0.4 is 10.1 Å². The number of para-hydroxylation sites is 1. The van der Waals surface area contributed by atoms with Crippen LogP contribution in [0.2, 0.25) is 5.02 Å². The van der Waals surface area contributed by atoms with E-state index in [1.54, 1.807) is 31.4 Å². The molecule has 0 aromatic heterocycles. The van der Waals surface area contributed by atoms with Gasteiger partial charge >= 0.3 is 5.97 Å². The molecule has 2 aromatic carbocycles. The summed E-state index contributed by atoms with van der Waals surface area (Å²) in [5, 5.41) is 3.25. The number of aryl methyl sites for hydroxylation is 1. The summed E-state index contributed by atoms with van der Waals surface area (Å²) < 4.78 is 10.4. The van der Waals surface area contributed by atoms with Crippen LogP contribution in [0.4, 0.5) is 5.69 Å². The molecule has 1 amide bonds. The van der Waals surface area contributed by atoms with Crippen LogP contribution in [0.3, 0.4) is 0 Å². The molecule has 0 fully saturated rings. The summed E-state index contributed by atoms with van der Waals surface area (Å²) in [5.74, 6) is -0.110. The summed E-state index contributed by atoms with van der Waals surface area (Å²) in [6.45, 7) is 1.53. The molecule has 1 N–H and O–H groups in total. The number of esters is 1. The first-order valence-electron chi connectivity index (χ1n) is 7.87. The minimum absolute atomic E-state index is 0.166. The molecule has 132 valence electrons. The Morgan fingerprint density at radius 2 is 1.80 bits per heavy atom. The van der Waals surface area contributed by atoms with Crippen molar-refractivity contribution in [3.63, 3.8) is 0 Å².